The van der Waals surface area contributed by atoms with E-state index in [0.29, 0.717) is 13.2 Å². The third-order valence-corrected chi connectivity index (χ3v) is 2.52. The average Bonchev–Trinajstić information content (AvgIpc) is 2.80. The van der Waals surface area contributed by atoms with E-state index in [1.54, 1.807) is 12.1 Å². The first kappa shape index (κ1) is 11.4. The quantitative estimate of drug-likeness (QED) is 0.778. The second-order valence-corrected chi connectivity index (χ2v) is 3.79. The minimum Gasteiger partial charge on any atom is -0.383 e. The molecule has 4 heteroatoms. The van der Waals surface area contributed by atoms with E-state index in [2.05, 4.69) is 5.32 Å². The van der Waals surface area contributed by atoms with Crippen LogP contribution in [0.1, 0.15) is 6.42 Å². The molecule has 16 heavy (non-hydrogen) atoms. The molecule has 0 amide bonds. The zero-order valence-electron chi connectivity index (χ0n) is 9.12. The summed E-state index contributed by atoms with van der Waals surface area (Å²) in [7, 11) is 0. The van der Waals surface area contributed by atoms with Crippen LogP contribution in [-0.4, -0.2) is 32.5 Å². The van der Waals surface area contributed by atoms with Crippen LogP contribution in [0, 0.1) is 5.82 Å². The maximum atomic E-state index is 12.6. The summed E-state index contributed by atoms with van der Waals surface area (Å²) < 4.78 is 23.4. The number of anilines is 1. The van der Waals surface area contributed by atoms with Crippen molar-refractivity contribution in [2.75, 3.05) is 31.7 Å². The lowest BCUT2D eigenvalue weighted by Gasteiger charge is -2.10. The fraction of sp³-hybridized carbons (Fsp3) is 0.500. The van der Waals surface area contributed by atoms with Crippen LogP contribution in [0.3, 0.4) is 0 Å². The summed E-state index contributed by atoms with van der Waals surface area (Å²) in [5.74, 6) is -0.218. The second kappa shape index (κ2) is 5.82. The standard InChI is InChI=1S/C12H16FNO2/c13-10-1-3-11(4-2-10)14-6-8-16-12-5-7-15-9-12/h1-4,12,14H,5-9H2. The Morgan fingerprint density at radius 1 is 1.38 bits per heavy atom. The summed E-state index contributed by atoms with van der Waals surface area (Å²) in [6, 6.07) is 6.31. The number of nitrogens with one attached hydrogen (secondary N) is 1. The molecule has 0 spiro atoms. The molecule has 0 saturated carbocycles. The topological polar surface area (TPSA) is 30.5 Å². The van der Waals surface area contributed by atoms with Crippen molar-refractivity contribution in [1.29, 1.82) is 0 Å². The highest BCUT2D eigenvalue weighted by molar-refractivity contribution is 5.42. The molecule has 1 aliphatic rings. The fourth-order valence-corrected chi connectivity index (χ4v) is 1.63. The normalized spacial score (nSPS) is 19.9. The van der Waals surface area contributed by atoms with Gasteiger partial charge in [-0.05, 0) is 30.7 Å². The van der Waals surface area contributed by atoms with Crippen LogP contribution in [0.25, 0.3) is 0 Å². The van der Waals surface area contributed by atoms with Gasteiger partial charge in [0.25, 0.3) is 0 Å². The number of rotatable bonds is 5. The van der Waals surface area contributed by atoms with E-state index in [-0.39, 0.29) is 11.9 Å². The molecule has 1 heterocycles. The van der Waals surface area contributed by atoms with Crippen LogP contribution in [0.2, 0.25) is 0 Å². The maximum Gasteiger partial charge on any atom is 0.123 e. The van der Waals surface area contributed by atoms with Crippen LogP contribution in [-0.2, 0) is 9.47 Å². The smallest absolute Gasteiger partial charge is 0.123 e. The molecular weight excluding hydrogens is 209 g/mol. The molecule has 0 aliphatic carbocycles. The van der Waals surface area contributed by atoms with Crippen LogP contribution < -0.4 is 5.32 Å². The minimum atomic E-state index is -0.218. The lowest BCUT2D eigenvalue weighted by molar-refractivity contribution is 0.0489. The van der Waals surface area contributed by atoms with E-state index in [9.17, 15) is 4.39 Å². The monoisotopic (exact) mass is 225 g/mol. The van der Waals surface area contributed by atoms with Gasteiger partial charge in [0.15, 0.2) is 0 Å². The van der Waals surface area contributed by atoms with Crippen LogP contribution in [0.5, 0.6) is 0 Å². The summed E-state index contributed by atoms with van der Waals surface area (Å²) in [6.07, 6.45) is 1.23. The Morgan fingerprint density at radius 3 is 2.88 bits per heavy atom. The van der Waals surface area contributed by atoms with Crippen molar-refractivity contribution in [3.05, 3.63) is 30.1 Å². The van der Waals surface area contributed by atoms with Crippen LogP contribution in [0.15, 0.2) is 24.3 Å². The Labute approximate surface area is 94.6 Å². The molecule has 1 aromatic carbocycles. The molecule has 0 radical (unpaired) electrons. The molecule has 0 aromatic heterocycles. The van der Waals surface area contributed by atoms with Crippen molar-refractivity contribution in [1.82, 2.24) is 0 Å². The number of benzene rings is 1. The van der Waals surface area contributed by atoms with Crippen molar-refractivity contribution < 1.29 is 13.9 Å². The first-order valence-corrected chi connectivity index (χ1v) is 5.53. The number of hydrogen-bond acceptors (Lipinski definition) is 3. The fourth-order valence-electron chi connectivity index (χ4n) is 1.63. The summed E-state index contributed by atoms with van der Waals surface area (Å²) in [6.45, 7) is 2.88. The first-order valence-electron chi connectivity index (χ1n) is 5.53. The van der Waals surface area contributed by atoms with Gasteiger partial charge in [0.2, 0.25) is 0 Å². The molecule has 88 valence electrons. The zero-order chi connectivity index (χ0) is 11.2. The highest BCUT2D eigenvalue weighted by Crippen LogP contribution is 2.09. The van der Waals surface area contributed by atoms with Gasteiger partial charge >= 0.3 is 0 Å². The van der Waals surface area contributed by atoms with E-state index in [1.807, 2.05) is 0 Å². The Balaban J connectivity index is 1.62. The van der Waals surface area contributed by atoms with Gasteiger partial charge < -0.3 is 14.8 Å². The van der Waals surface area contributed by atoms with Gasteiger partial charge in [0.1, 0.15) is 5.82 Å². The van der Waals surface area contributed by atoms with Crippen LogP contribution >= 0.6 is 0 Å². The van der Waals surface area contributed by atoms with Gasteiger partial charge in [-0.25, -0.2) is 4.39 Å². The van der Waals surface area contributed by atoms with E-state index in [0.717, 1.165) is 25.3 Å². The Morgan fingerprint density at radius 2 is 2.19 bits per heavy atom. The van der Waals surface area contributed by atoms with Crippen molar-refractivity contribution in [3.63, 3.8) is 0 Å². The molecule has 1 saturated heterocycles. The van der Waals surface area contributed by atoms with E-state index < -0.39 is 0 Å². The molecule has 1 aliphatic heterocycles. The molecule has 3 nitrogen and oxygen atoms in total. The zero-order valence-corrected chi connectivity index (χ0v) is 9.12. The summed E-state index contributed by atoms with van der Waals surface area (Å²) in [5.41, 5.74) is 0.910. The highest BCUT2D eigenvalue weighted by atomic mass is 19.1. The molecule has 1 unspecified atom stereocenters. The van der Waals surface area contributed by atoms with Gasteiger partial charge in [0, 0.05) is 18.8 Å². The summed E-state index contributed by atoms with van der Waals surface area (Å²) in [5, 5.41) is 3.16. The van der Waals surface area contributed by atoms with Gasteiger partial charge in [-0.1, -0.05) is 0 Å². The van der Waals surface area contributed by atoms with E-state index >= 15 is 0 Å². The number of hydrogen-bond donors (Lipinski definition) is 1. The molecule has 1 fully saturated rings. The maximum absolute atomic E-state index is 12.6. The highest BCUT2D eigenvalue weighted by Gasteiger charge is 2.15. The molecule has 1 aromatic rings. The third-order valence-electron chi connectivity index (χ3n) is 2.52. The lowest BCUT2D eigenvalue weighted by atomic mass is 10.3. The van der Waals surface area contributed by atoms with E-state index in [4.69, 9.17) is 9.47 Å². The Hall–Kier alpha value is -1.13. The van der Waals surface area contributed by atoms with Crippen molar-refractivity contribution >= 4 is 5.69 Å². The predicted octanol–water partition coefficient (Wildman–Crippen LogP) is 2.04. The largest absolute Gasteiger partial charge is 0.383 e. The van der Waals surface area contributed by atoms with E-state index in [1.165, 1.54) is 12.1 Å². The predicted molar refractivity (Wildman–Crippen MR) is 60.1 cm³/mol. The van der Waals surface area contributed by atoms with Crippen molar-refractivity contribution in [2.24, 2.45) is 0 Å². The second-order valence-electron chi connectivity index (χ2n) is 3.79. The van der Waals surface area contributed by atoms with Crippen LogP contribution in [0.4, 0.5) is 10.1 Å². The lowest BCUT2D eigenvalue weighted by Crippen LogP contribution is -2.18. The molecule has 0 bridgehead atoms. The first-order chi connectivity index (χ1) is 7.84. The Bertz CT molecular complexity index is 309. The summed E-state index contributed by atoms with van der Waals surface area (Å²) >= 11 is 0. The summed E-state index contributed by atoms with van der Waals surface area (Å²) in [4.78, 5) is 0. The molecular formula is C12H16FNO2. The third kappa shape index (κ3) is 3.47. The SMILES string of the molecule is Fc1ccc(NCCOC2CCOC2)cc1. The van der Waals surface area contributed by atoms with Gasteiger partial charge in [-0.3, -0.25) is 0 Å². The molecule has 2 rings (SSSR count). The Kier molecular flexibility index (Phi) is 4.13. The number of halogens is 1. The number of ether oxygens (including phenoxy) is 2. The average molecular weight is 225 g/mol. The van der Waals surface area contributed by atoms with Gasteiger partial charge in [0.05, 0.1) is 19.3 Å². The van der Waals surface area contributed by atoms with Gasteiger partial charge in [-0.2, -0.15) is 0 Å². The van der Waals surface area contributed by atoms with Crippen molar-refractivity contribution in [2.45, 2.75) is 12.5 Å². The minimum absolute atomic E-state index is 0.218. The van der Waals surface area contributed by atoms with Crippen molar-refractivity contribution in [3.8, 4) is 0 Å². The van der Waals surface area contributed by atoms with Gasteiger partial charge in [-0.15, -0.1) is 0 Å². The molecule has 1 atom stereocenters. The molecule has 1 N–H and O–H groups in total.